The van der Waals surface area contributed by atoms with Crippen LogP contribution in [0.3, 0.4) is 0 Å². The van der Waals surface area contributed by atoms with Crippen molar-refractivity contribution in [3.8, 4) is 0 Å². The van der Waals surface area contributed by atoms with E-state index in [2.05, 4.69) is 28.1 Å². The van der Waals surface area contributed by atoms with E-state index in [4.69, 9.17) is 9.47 Å². The number of carbonyl (C=O) groups is 1. The Labute approximate surface area is 165 Å². The second-order valence-electron chi connectivity index (χ2n) is 6.88. The van der Waals surface area contributed by atoms with Gasteiger partial charge in [-0.1, -0.05) is 31.0 Å². The lowest BCUT2D eigenvalue weighted by Crippen LogP contribution is -2.35. The van der Waals surface area contributed by atoms with Gasteiger partial charge in [-0.15, -0.1) is 11.3 Å². The van der Waals surface area contributed by atoms with E-state index in [1.54, 1.807) is 18.4 Å². The molecule has 146 valence electrons. The van der Waals surface area contributed by atoms with Gasteiger partial charge < -0.3 is 20.1 Å². The van der Waals surface area contributed by atoms with Gasteiger partial charge in [-0.2, -0.15) is 0 Å². The number of methoxy groups -OCH3 is 1. The van der Waals surface area contributed by atoms with E-state index in [1.165, 1.54) is 30.6 Å². The number of anilines is 1. The van der Waals surface area contributed by atoms with E-state index in [0.717, 1.165) is 11.3 Å². The van der Waals surface area contributed by atoms with E-state index in [0.29, 0.717) is 25.7 Å². The van der Waals surface area contributed by atoms with Crippen molar-refractivity contribution in [3.05, 3.63) is 52.2 Å². The zero-order valence-electron chi connectivity index (χ0n) is 15.8. The third kappa shape index (κ3) is 6.06. The summed E-state index contributed by atoms with van der Waals surface area (Å²) in [5.74, 6) is 0.523. The maximum atomic E-state index is 12.6. The fraction of sp³-hybridized carbons (Fsp3) is 0.476. The molecule has 1 heterocycles. The van der Waals surface area contributed by atoms with Crippen LogP contribution in [0, 0.1) is 5.92 Å². The SMILES string of the molecule is COCCOCc1cccc(NC(=O)NC(c2cccs2)C2CCCC2)c1. The third-order valence-electron chi connectivity index (χ3n) is 4.89. The lowest BCUT2D eigenvalue weighted by atomic mass is 9.97. The topological polar surface area (TPSA) is 59.6 Å². The molecule has 1 aliphatic carbocycles. The number of nitrogens with one attached hydrogen (secondary N) is 2. The van der Waals surface area contributed by atoms with Gasteiger partial charge in [0.2, 0.25) is 0 Å². The largest absolute Gasteiger partial charge is 0.382 e. The lowest BCUT2D eigenvalue weighted by molar-refractivity contribution is 0.0617. The highest BCUT2D eigenvalue weighted by molar-refractivity contribution is 7.10. The van der Waals surface area contributed by atoms with E-state index < -0.39 is 0 Å². The Bertz CT molecular complexity index is 699. The van der Waals surface area contributed by atoms with Crippen molar-refractivity contribution >= 4 is 23.1 Å². The van der Waals surface area contributed by atoms with Crippen LogP contribution in [0.5, 0.6) is 0 Å². The second-order valence-corrected chi connectivity index (χ2v) is 7.86. The van der Waals surface area contributed by atoms with Crippen molar-refractivity contribution in [3.63, 3.8) is 0 Å². The summed E-state index contributed by atoms with van der Waals surface area (Å²) in [6, 6.07) is 11.9. The summed E-state index contributed by atoms with van der Waals surface area (Å²) in [6.45, 7) is 1.63. The van der Waals surface area contributed by atoms with Crippen LogP contribution in [-0.2, 0) is 16.1 Å². The average Bonchev–Trinajstić information content (AvgIpc) is 3.38. The van der Waals surface area contributed by atoms with Crippen molar-refractivity contribution in [1.82, 2.24) is 5.32 Å². The zero-order valence-corrected chi connectivity index (χ0v) is 16.6. The van der Waals surface area contributed by atoms with Gasteiger partial charge in [-0.05, 0) is 47.9 Å². The molecule has 0 spiro atoms. The van der Waals surface area contributed by atoms with E-state index in [9.17, 15) is 4.79 Å². The highest BCUT2D eigenvalue weighted by atomic mass is 32.1. The molecule has 5 nitrogen and oxygen atoms in total. The van der Waals surface area contributed by atoms with Crippen molar-refractivity contribution in [2.45, 2.75) is 38.3 Å². The molecule has 0 aliphatic heterocycles. The Hall–Kier alpha value is -1.89. The molecule has 2 amide bonds. The first-order valence-corrected chi connectivity index (χ1v) is 10.4. The maximum absolute atomic E-state index is 12.6. The van der Waals surface area contributed by atoms with Gasteiger partial charge in [0.05, 0.1) is 25.9 Å². The highest BCUT2D eigenvalue weighted by Gasteiger charge is 2.28. The number of hydrogen-bond acceptors (Lipinski definition) is 4. The second kappa shape index (κ2) is 10.4. The molecule has 0 saturated heterocycles. The van der Waals surface area contributed by atoms with Crippen LogP contribution in [0.15, 0.2) is 41.8 Å². The fourth-order valence-corrected chi connectivity index (χ4v) is 4.43. The number of carbonyl (C=O) groups excluding carboxylic acids is 1. The van der Waals surface area contributed by atoms with E-state index >= 15 is 0 Å². The summed E-state index contributed by atoms with van der Waals surface area (Å²) in [5, 5.41) is 8.25. The average molecular weight is 389 g/mol. The number of ether oxygens (including phenoxy) is 2. The van der Waals surface area contributed by atoms with Gasteiger partial charge >= 0.3 is 6.03 Å². The summed E-state index contributed by atoms with van der Waals surface area (Å²) in [6.07, 6.45) is 4.86. The Balaban J connectivity index is 1.57. The minimum atomic E-state index is -0.155. The molecular formula is C21H28N2O3S. The van der Waals surface area contributed by atoms with Crippen molar-refractivity contribution < 1.29 is 14.3 Å². The molecule has 3 rings (SSSR count). The molecule has 1 saturated carbocycles. The first-order valence-electron chi connectivity index (χ1n) is 9.53. The fourth-order valence-electron chi connectivity index (χ4n) is 3.56. The molecule has 0 bridgehead atoms. The molecule has 1 atom stereocenters. The molecule has 1 fully saturated rings. The summed E-state index contributed by atoms with van der Waals surface area (Å²) in [4.78, 5) is 13.9. The maximum Gasteiger partial charge on any atom is 0.319 e. The number of benzene rings is 1. The molecule has 1 aromatic heterocycles. The van der Waals surface area contributed by atoms with Crippen LogP contribution in [0.1, 0.15) is 42.2 Å². The predicted molar refractivity (Wildman–Crippen MR) is 109 cm³/mol. The normalized spacial score (nSPS) is 15.6. The van der Waals surface area contributed by atoms with Gasteiger partial charge in [-0.25, -0.2) is 4.79 Å². The molecule has 6 heteroatoms. The number of rotatable bonds is 9. The Kier molecular flexibility index (Phi) is 7.68. The van der Waals surface area contributed by atoms with Gasteiger partial charge in [0.25, 0.3) is 0 Å². The number of amides is 2. The van der Waals surface area contributed by atoms with Crippen LogP contribution >= 0.6 is 11.3 Å². The number of hydrogen-bond donors (Lipinski definition) is 2. The molecule has 1 unspecified atom stereocenters. The molecular weight excluding hydrogens is 360 g/mol. The van der Waals surface area contributed by atoms with Crippen LogP contribution in [-0.4, -0.2) is 26.4 Å². The summed E-state index contributed by atoms with van der Waals surface area (Å²) in [7, 11) is 1.65. The smallest absolute Gasteiger partial charge is 0.319 e. The third-order valence-corrected chi connectivity index (χ3v) is 5.85. The van der Waals surface area contributed by atoms with Crippen molar-refractivity contribution in [1.29, 1.82) is 0 Å². The molecule has 27 heavy (non-hydrogen) atoms. The predicted octanol–water partition coefficient (Wildman–Crippen LogP) is 4.96. The first kappa shape index (κ1) is 19.9. The Morgan fingerprint density at radius 3 is 2.81 bits per heavy atom. The van der Waals surface area contributed by atoms with Gasteiger partial charge in [0.15, 0.2) is 0 Å². The quantitative estimate of drug-likeness (QED) is 0.597. The molecule has 1 aliphatic rings. The zero-order chi connectivity index (χ0) is 18.9. The minimum Gasteiger partial charge on any atom is -0.382 e. The monoisotopic (exact) mass is 388 g/mol. The molecule has 0 radical (unpaired) electrons. The van der Waals surface area contributed by atoms with Crippen LogP contribution in [0.4, 0.5) is 10.5 Å². The molecule has 2 N–H and O–H groups in total. The lowest BCUT2D eigenvalue weighted by Gasteiger charge is -2.24. The Morgan fingerprint density at radius 1 is 1.22 bits per heavy atom. The highest BCUT2D eigenvalue weighted by Crippen LogP contribution is 2.37. The summed E-state index contributed by atoms with van der Waals surface area (Å²) < 4.78 is 10.5. The van der Waals surface area contributed by atoms with Crippen LogP contribution in [0.25, 0.3) is 0 Å². The van der Waals surface area contributed by atoms with E-state index in [-0.39, 0.29) is 12.1 Å². The molecule has 1 aromatic carbocycles. The Morgan fingerprint density at radius 2 is 2.07 bits per heavy atom. The molecule has 2 aromatic rings. The van der Waals surface area contributed by atoms with Crippen molar-refractivity contribution in [2.75, 3.05) is 25.6 Å². The number of urea groups is 1. The summed E-state index contributed by atoms with van der Waals surface area (Å²) >= 11 is 1.71. The number of thiophene rings is 1. The van der Waals surface area contributed by atoms with Crippen molar-refractivity contribution in [2.24, 2.45) is 5.92 Å². The van der Waals surface area contributed by atoms with Gasteiger partial charge in [0.1, 0.15) is 0 Å². The first-order chi connectivity index (χ1) is 13.3. The van der Waals surface area contributed by atoms with Crippen LogP contribution < -0.4 is 10.6 Å². The van der Waals surface area contributed by atoms with Crippen LogP contribution in [0.2, 0.25) is 0 Å². The summed E-state index contributed by atoms with van der Waals surface area (Å²) in [5.41, 5.74) is 1.80. The van der Waals surface area contributed by atoms with Gasteiger partial charge in [0, 0.05) is 17.7 Å². The van der Waals surface area contributed by atoms with E-state index in [1.807, 2.05) is 24.3 Å². The van der Waals surface area contributed by atoms with Gasteiger partial charge in [-0.3, -0.25) is 0 Å². The standard InChI is InChI=1S/C21H28N2O3S/c1-25-11-12-26-15-16-6-4-9-18(14-16)22-21(24)23-20(17-7-2-3-8-17)19-10-5-13-27-19/h4-6,9-10,13-14,17,20H,2-3,7-8,11-12,15H2,1H3,(H2,22,23,24). The minimum absolute atomic E-state index is 0.0908.